The van der Waals surface area contributed by atoms with E-state index in [1.54, 1.807) is 0 Å². The van der Waals surface area contributed by atoms with Gasteiger partial charge in [0.25, 0.3) is 11.5 Å². The molecule has 132 valence electrons. The van der Waals surface area contributed by atoms with Gasteiger partial charge in [-0.05, 0) is 18.2 Å². The van der Waals surface area contributed by atoms with Crippen molar-refractivity contribution in [2.24, 2.45) is 0 Å². The van der Waals surface area contributed by atoms with Crippen molar-refractivity contribution in [1.82, 2.24) is 20.1 Å². The summed E-state index contributed by atoms with van der Waals surface area (Å²) < 4.78 is 44.0. The van der Waals surface area contributed by atoms with Crippen molar-refractivity contribution in [2.75, 3.05) is 13.2 Å². The third kappa shape index (κ3) is 3.68. The van der Waals surface area contributed by atoms with Gasteiger partial charge in [0.1, 0.15) is 11.7 Å². The van der Waals surface area contributed by atoms with Gasteiger partial charge in [-0.25, -0.2) is 4.68 Å². The van der Waals surface area contributed by atoms with Gasteiger partial charge in [-0.15, -0.1) is 0 Å². The first-order valence-corrected chi connectivity index (χ1v) is 7.32. The van der Waals surface area contributed by atoms with Crippen LogP contribution in [-0.2, 0) is 10.9 Å². The van der Waals surface area contributed by atoms with Crippen LogP contribution < -0.4 is 10.9 Å². The highest BCUT2D eigenvalue weighted by Crippen LogP contribution is 2.27. The average Bonchev–Trinajstić information content (AvgIpc) is 3.02. The van der Waals surface area contributed by atoms with Crippen LogP contribution in [0, 0.1) is 0 Å². The van der Waals surface area contributed by atoms with E-state index in [9.17, 15) is 22.8 Å². The fourth-order valence-electron chi connectivity index (χ4n) is 2.49. The van der Waals surface area contributed by atoms with E-state index in [1.165, 1.54) is 23.0 Å². The van der Waals surface area contributed by atoms with Crippen molar-refractivity contribution in [3.8, 4) is 0 Å². The number of hydrogen-bond acceptors (Lipinski definition) is 5. The topological polar surface area (TPSA) is 86.1 Å². The van der Waals surface area contributed by atoms with Crippen molar-refractivity contribution in [3.63, 3.8) is 0 Å². The molecule has 1 amide bonds. The van der Waals surface area contributed by atoms with E-state index in [0.29, 0.717) is 0 Å². The van der Waals surface area contributed by atoms with E-state index >= 15 is 0 Å². The molecule has 1 aliphatic heterocycles. The van der Waals surface area contributed by atoms with Gasteiger partial charge >= 0.3 is 6.18 Å². The molecule has 7 nitrogen and oxygen atoms in total. The zero-order chi connectivity index (χ0) is 18.0. The van der Waals surface area contributed by atoms with Crippen LogP contribution in [-0.4, -0.2) is 39.9 Å². The van der Waals surface area contributed by atoms with Crippen LogP contribution in [0.4, 0.5) is 13.2 Å². The maximum Gasteiger partial charge on any atom is 0.433 e. The minimum absolute atomic E-state index is 0.0213. The van der Waals surface area contributed by atoms with Crippen molar-refractivity contribution in [3.05, 3.63) is 58.3 Å². The normalized spacial score (nSPS) is 20.4. The Morgan fingerprint density at radius 2 is 2.08 bits per heavy atom. The Kier molecular flexibility index (Phi) is 4.53. The summed E-state index contributed by atoms with van der Waals surface area (Å²) >= 11 is 0. The molecule has 10 heteroatoms. The van der Waals surface area contributed by atoms with Crippen LogP contribution in [0.15, 0.2) is 41.5 Å². The van der Waals surface area contributed by atoms with Crippen LogP contribution >= 0.6 is 0 Å². The van der Waals surface area contributed by atoms with Gasteiger partial charge in [0.2, 0.25) is 0 Å². The van der Waals surface area contributed by atoms with Gasteiger partial charge in [-0.1, -0.05) is 0 Å². The zero-order valence-corrected chi connectivity index (χ0v) is 12.7. The molecule has 0 aliphatic carbocycles. The molecule has 3 heterocycles. The minimum atomic E-state index is -4.57. The summed E-state index contributed by atoms with van der Waals surface area (Å²) in [7, 11) is 0. The number of alkyl halides is 3. The zero-order valence-electron chi connectivity index (χ0n) is 12.7. The van der Waals surface area contributed by atoms with E-state index < -0.39 is 29.9 Å². The lowest BCUT2D eigenvalue weighted by Crippen LogP contribution is -2.43. The number of amides is 1. The van der Waals surface area contributed by atoms with Gasteiger partial charge in [0.15, 0.2) is 0 Å². The molecule has 1 N–H and O–H groups in total. The van der Waals surface area contributed by atoms with Gasteiger partial charge in [0.05, 0.1) is 24.8 Å². The van der Waals surface area contributed by atoms with E-state index in [0.717, 1.165) is 18.3 Å². The number of rotatable bonds is 3. The lowest BCUT2D eigenvalue weighted by Gasteiger charge is -2.20. The van der Waals surface area contributed by atoms with Crippen molar-refractivity contribution in [2.45, 2.75) is 18.3 Å². The molecule has 3 rings (SSSR count). The molecule has 2 atom stereocenters. The van der Waals surface area contributed by atoms with Gasteiger partial charge in [-0.3, -0.25) is 14.6 Å². The van der Waals surface area contributed by atoms with Crippen LogP contribution in [0.5, 0.6) is 0 Å². The summed E-state index contributed by atoms with van der Waals surface area (Å²) in [5, 5.41) is 6.61. The highest BCUT2D eigenvalue weighted by atomic mass is 19.4. The summed E-state index contributed by atoms with van der Waals surface area (Å²) in [5.41, 5.74) is -1.44. The number of carbonyl (C=O) groups is 1. The lowest BCUT2D eigenvalue weighted by atomic mass is 10.1. The number of pyridine rings is 1. The summed E-state index contributed by atoms with van der Waals surface area (Å²) in [4.78, 5) is 27.3. The number of nitrogens with one attached hydrogen (secondary N) is 1. The molecule has 0 spiro atoms. The monoisotopic (exact) mass is 354 g/mol. The predicted octanol–water partition coefficient (Wildman–Crippen LogP) is 1.03. The number of nitrogens with zero attached hydrogens (tertiary/aromatic N) is 3. The fraction of sp³-hybridized carbons (Fsp3) is 0.333. The number of ether oxygens (including phenoxy) is 1. The first kappa shape index (κ1) is 17.1. The van der Waals surface area contributed by atoms with Crippen molar-refractivity contribution in [1.29, 1.82) is 0 Å². The molecule has 2 unspecified atom stereocenters. The second-order valence-electron chi connectivity index (χ2n) is 5.42. The van der Waals surface area contributed by atoms with Crippen LogP contribution in [0.2, 0.25) is 0 Å². The molecule has 1 aliphatic rings. The second kappa shape index (κ2) is 6.63. The van der Waals surface area contributed by atoms with Crippen LogP contribution in [0.1, 0.15) is 22.1 Å². The summed E-state index contributed by atoms with van der Waals surface area (Å²) in [6, 6.07) is 3.58. The van der Waals surface area contributed by atoms with E-state index in [-0.39, 0.29) is 24.3 Å². The molecule has 2 aromatic rings. The Labute approximate surface area is 139 Å². The van der Waals surface area contributed by atoms with Crippen molar-refractivity contribution < 1.29 is 22.7 Å². The largest absolute Gasteiger partial charge is 0.433 e. The first-order chi connectivity index (χ1) is 11.9. The molecule has 0 saturated carbocycles. The molecule has 1 fully saturated rings. The molecular formula is C15H13F3N4O3. The predicted molar refractivity (Wildman–Crippen MR) is 78.8 cm³/mol. The number of aromatic nitrogens is 3. The van der Waals surface area contributed by atoms with E-state index in [1.807, 2.05) is 0 Å². The minimum Gasteiger partial charge on any atom is -0.377 e. The molecule has 2 aromatic heterocycles. The van der Waals surface area contributed by atoms with E-state index in [2.05, 4.69) is 15.4 Å². The third-order valence-corrected chi connectivity index (χ3v) is 3.74. The fourth-order valence-corrected chi connectivity index (χ4v) is 2.49. The summed E-state index contributed by atoms with van der Waals surface area (Å²) in [6.07, 6.45) is -2.27. The van der Waals surface area contributed by atoms with Gasteiger partial charge in [-0.2, -0.15) is 18.3 Å². The quantitative estimate of drug-likeness (QED) is 0.890. The highest BCUT2D eigenvalue weighted by molar-refractivity contribution is 5.94. The molecule has 0 bridgehead atoms. The highest BCUT2D eigenvalue weighted by Gasteiger charge is 2.34. The molecule has 1 saturated heterocycles. The van der Waals surface area contributed by atoms with Crippen LogP contribution in [0.3, 0.4) is 0 Å². The Morgan fingerprint density at radius 1 is 1.28 bits per heavy atom. The van der Waals surface area contributed by atoms with Gasteiger partial charge in [0, 0.05) is 18.5 Å². The molecule has 0 aromatic carbocycles. The van der Waals surface area contributed by atoms with Gasteiger partial charge < -0.3 is 10.1 Å². The second-order valence-corrected chi connectivity index (χ2v) is 5.42. The summed E-state index contributed by atoms with van der Waals surface area (Å²) in [6.45, 7) is 0.348. The maximum atomic E-state index is 12.5. The Bertz CT molecular complexity index is 820. The molecule has 0 radical (unpaired) electrons. The van der Waals surface area contributed by atoms with Crippen LogP contribution in [0.25, 0.3) is 0 Å². The molecular weight excluding hydrogens is 341 g/mol. The summed E-state index contributed by atoms with van der Waals surface area (Å²) in [5.74, 6) is -0.606. The Balaban J connectivity index is 1.74. The Hall–Kier alpha value is -2.75. The number of halogens is 3. The number of carbonyl (C=O) groups excluding carboxylic acids is 1. The smallest absolute Gasteiger partial charge is 0.377 e. The first-order valence-electron chi connectivity index (χ1n) is 7.32. The third-order valence-electron chi connectivity index (χ3n) is 3.74. The Morgan fingerprint density at radius 3 is 2.72 bits per heavy atom. The standard InChI is InChI=1S/C15H13F3N4O3/c16-15(17,18)12-4-3-9(6-19-12)14(24)21-10-7-25-8-11(10)22-13(23)2-1-5-20-22/h1-6,10-11H,7-8H2,(H,21,24). The average molecular weight is 354 g/mol. The SMILES string of the molecule is O=C(NC1COCC1n1ncccc1=O)c1ccc(C(F)(F)F)nc1. The maximum absolute atomic E-state index is 12.5. The van der Waals surface area contributed by atoms with Crippen molar-refractivity contribution >= 4 is 5.91 Å². The molecule has 25 heavy (non-hydrogen) atoms. The number of hydrogen-bond donors (Lipinski definition) is 1. The van der Waals surface area contributed by atoms with E-state index in [4.69, 9.17) is 4.74 Å². The lowest BCUT2D eigenvalue weighted by molar-refractivity contribution is -0.141.